The Morgan fingerprint density at radius 3 is 2.38 bits per heavy atom. The van der Waals surface area contributed by atoms with Crippen LogP contribution in [0.15, 0.2) is 42.5 Å². The standard InChI is InChI=1S/C21H20N2O3/c24-17(10-7-14-5-2-1-3-6-14)22-11-4-12-23-20(25)18-15-8-9-16(13-15)19(18)21(23)26/h1-3,5-6,8-9,15-16,18-19H,4,11-13H2,(H,22,24). The molecule has 1 aromatic carbocycles. The number of hydrogen-bond donors (Lipinski definition) is 1. The summed E-state index contributed by atoms with van der Waals surface area (Å²) in [4.78, 5) is 38.2. The van der Waals surface area contributed by atoms with Crippen LogP contribution in [0.3, 0.4) is 0 Å². The van der Waals surface area contributed by atoms with Crippen molar-refractivity contribution >= 4 is 17.7 Å². The van der Waals surface area contributed by atoms with Gasteiger partial charge in [0.15, 0.2) is 0 Å². The van der Waals surface area contributed by atoms with Crippen LogP contribution in [0.5, 0.6) is 0 Å². The lowest BCUT2D eigenvalue weighted by Crippen LogP contribution is -2.35. The number of amides is 3. The van der Waals surface area contributed by atoms with Crippen LogP contribution in [0.25, 0.3) is 0 Å². The first-order valence-corrected chi connectivity index (χ1v) is 9.03. The molecule has 4 atom stereocenters. The molecule has 5 nitrogen and oxygen atoms in total. The number of likely N-dealkylation sites (tertiary alicyclic amines) is 1. The van der Waals surface area contributed by atoms with Crippen molar-refractivity contribution in [3.05, 3.63) is 48.0 Å². The summed E-state index contributed by atoms with van der Waals surface area (Å²) < 4.78 is 0. The second kappa shape index (κ2) is 6.80. The van der Waals surface area contributed by atoms with Gasteiger partial charge in [-0.2, -0.15) is 0 Å². The maximum Gasteiger partial charge on any atom is 0.296 e. The van der Waals surface area contributed by atoms with E-state index >= 15 is 0 Å². The molecule has 1 aromatic rings. The van der Waals surface area contributed by atoms with Crippen LogP contribution in [0.1, 0.15) is 18.4 Å². The molecular formula is C21H20N2O3. The van der Waals surface area contributed by atoms with Crippen molar-refractivity contribution in [1.82, 2.24) is 10.2 Å². The SMILES string of the molecule is O=C(C#Cc1ccccc1)NCCCN1C(=O)C2C3C=CC(C3)C2C1=O. The van der Waals surface area contributed by atoms with E-state index in [1.165, 1.54) is 4.90 Å². The minimum atomic E-state index is -0.355. The second-order valence-corrected chi connectivity index (χ2v) is 7.05. The lowest BCUT2D eigenvalue weighted by molar-refractivity contribution is -0.140. The predicted molar refractivity (Wildman–Crippen MR) is 95.4 cm³/mol. The fourth-order valence-corrected chi connectivity index (χ4v) is 4.32. The van der Waals surface area contributed by atoms with E-state index in [1.54, 1.807) is 0 Å². The first-order valence-electron chi connectivity index (χ1n) is 9.03. The van der Waals surface area contributed by atoms with Crippen molar-refractivity contribution in [3.8, 4) is 11.8 Å². The molecule has 3 amide bonds. The summed E-state index contributed by atoms with van der Waals surface area (Å²) in [5.41, 5.74) is 0.783. The fourth-order valence-electron chi connectivity index (χ4n) is 4.32. The summed E-state index contributed by atoms with van der Waals surface area (Å²) in [6.45, 7) is 0.746. The van der Waals surface area contributed by atoms with Crippen LogP contribution in [-0.2, 0) is 14.4 Å². The van der Waals surface area contributed by atoms with E-state index in [1.807, 2.05) is 30.3 Å². The third kappa shape index (κ3) is 2.92. The Balaban J connectivity index is 1.25. The van der Waals surface area contributed by atoms with Crippen LogP contribution in [0, 0.1) is 35.5 Å². The molecule has 2 bridgehead atoms. The van der Waals surface area contributed by atoms with Gasteiger partial charge in [0.05, 0.1) is 11.8 Å². The molecule has 0 radical (unpaired) electrons. The van der Waals surface area contributed by atoms with E-state index in [9.17, 15) is 14.4 Å². The van der Waals surface area contributed by atoms with Crippen molar-refractivity contribution in [2.75, 3.05) is 13.1 Å². The average Bonchev–Trinajstić information content (AvgIpc) is 3.33. The van der Waals surface area contributed by atoms with E-state index in [0.29, 0.717) is 19.5 Å². The largest absolute Gasteiger partial charge is 0.345 e. The monoisotopic (exact) mass is 348 g/mol. The molecule has 0 aromatic heterocycles. The third-order valence-electron chi connectivity index (χ3n) is 5.50. The lowest BCUT2D eigenvalue weighted by Gasteiger charge is -2.16. The van der Waals surface area contributed by atoms with Crippen LogP contribution < -0.4 is 5.32 Å². The lowest BCUT2D eigenvalue weighted by atomic mass is 9.85. The number of nitrogens with zero attached hydrogens (tertiary/aromatic N) is 1. The topological polar surface area (TPSA) is 66.5 Å². The molecule has 2 aliphatic carbocycles. The minimum absolute atomic E-state index is 0.0351. The van der Waals surface area contributed by atoms with Gasteiger partial charge in [0.2, 0.25) is 11.8 Å². The van der Waals surface area contributed by atoms with Gasteiger partial charge >= 0.3 is 0 Å². The second-order valence-electron chi connectivity index (χ2n) is 7.05. The Hall–Kier alpha value is -2.87. The van der Waals surface area contributed by atoms with Crippen molar-refractivity contribution in [2.45, 2.75) is 12.8 Å². The quantitative estimate of drug-likeness (QED) is 0.387. The first-order chi connectivity index (χ1) is 12.6. The normalized spacial score (nSPS) is 28.1. The van der Waals surface area contributed by atoms with E-state index in [4.69, 9.17) is 0 Å². The zero-order chi connectivity index (χ0) is 18.1. The molecule has 132 valence electrons. The molecule has 4 rings (SSSR count). The van der Waals surface area contributed by atoms with Crippen LogP contribution >= 0.6 is 0 Å². The molecular weight excluding hydrogens is 328 g/mol. The maximum atomic E-state index is 12.5. The molecule has 3 aliphatic rings. The predicted octanol–water partition coefficient (Wildman–Crippen LogP) is 1.35. The van der Waals surface area contributed by atoms with Crippen molar-refractivity contribution in [2.24, 2.45) is 23.7 Å². The molecule has 26 heavy (non-hydrogen) atoms. The van der Waals surface area contributed by atoms with Gasteiger partial charge < -0.3 is 5.32 Å². The van der Waals surface area contributed by atoms with Gasteiger partial charge in [-0.3, -0.25) is 19.3 Å². The van der Waals surface area contributed by atoms with Gasteiger partial charge in [0.25, 0.3) is 5.91 Å². The van der Waals surface area contributed by atoms with Gasteiger partial charge in [-0.25, -0.2) is 0 Å². The van der Waals surface area contributed by atoms with Crippen LogP contribution in [0.4, 0.5) is 0 Å². The highest BCUT2D eigenvalue weighted by atomic mass is 16.2. The maximum absolute atomic E-state index is 12.5. The summed E-state index contributed by atoms with van der Waals surface area (Å²) in [7, 11) is 0. The summed E-state index contributed by atoms with van der Waals surface area (Å²) in [5, 5.41) is 2.71. The summed E-state index contributed by atoms with van der Waals surface area (Å²) in [5.74, 6) is 5.09. The zero-order valence-corrected chi connectivity index (χ0v) is 14.4. The average molecular weight is 348 g/mol. The van der Waals surface area contributed by atoms with E-state index in [-0.39, 0.29) is 41.4 Å². The molecule has 1 N–H and O–H groups in total. The number of imide groups is 1. The number of hydrogen-bond acceptors (Lipinski definition) is 3. The Morgan fingerprint density at radius 1 is 1.08 bits per heavy atom. The minimum Gasteiger partial charge on any atom is -0.345 e. The molecule has 1 aliphatic heterocycles. The number of carbonyl (C=O) groups excluding carboxylic acids is 3. The first kappa shape index (κ1) is 16.6. The van der Waals surface area contributed by atoms with E-state index in [2.05, 4.69) is 29.3 Å². The van der Waals surface area contributed by atoms with E-state index in [0.717, 1.165) is 12.0 Å². The molecule has 2 fully saturated rings. The number of benzene rings is 1. The number of carbonyl (C=O) groups is 3. The van der Waals surface area contributed by atoms with Gasteiger partial charge in [-0.05, 0) is 36.8 Å². The molecule has 0 spiro atoms. The smallest absolute Gasteiger partial charge is 0.296 e. The van der Waals surface area contributed by atoms with Gasteiger partial charge in [0.1, 0.15) is 0 Å². The molecule has 1 saturated carbocycles. The highest BCUT2D eigenvalue weighted by Crippen LogP contribution is 2.52. The van der Waals surface area contributed by atoms with Gasteiger partial charge in [-0.15, -0.1) is 0 Å². The summed E-state index contributed by atoms with van der Waals surface area (Å²) >= 11 is 0. The zero-order valence-electron chi connectivity index (χ0n) is 14.4. The molecule has 5 heteroatoms. The number of nitrogens with one attached hydrogen (secondary N) is 1. The highest BCUT2D eigenvalue weighted by molar-refractivity contribution is 6.06. The number of rotatable bonds is 4. The van der Waals surface area contributed by atoms with Crippen LogP contribution in [0.2, 0.25) is 0 Å². The fraction of sp³-hybridized carbons (Fsp3) is 0.381. The number of fused-ring (bicyclic) bond motifs is 5. The van der Waals surface area contributed by atoms with Crippen molar-refractivity contribution in [3.63, 3.8) is 0 Å². The van der Waals surface area contributed by atoms with Crippen LogP contribution in [-0.4, -0.2) is 35.7 Å². The Bertz CT molecular complexity index is 804. The van der Waals surface area contributed by atoms with Gasteiger partial charge in [-0.1, -0.05) is 36.3 Å². The van der Waals surface area contributed by atoms with Crippen molar-refractivity contribution in [1.29, 1.82) is 0 Å². The van der Waals surface area contributed by atoms with Crippen molar-refractivity contribution < 1.29 is 14.4 Å². The molecule has 1 heterocycles. The van der Waals surface area contributed by atoms with E-state index < -0.39 is 0 Å². The molecule has 1 saturated heterocycles. The number of allylic oxidation sites excluding steroid dienone is 2. The Kier molecular flexibility index (Phi) is 4.34. The van der Waals surface area contributed by atoms with Gasteiger partial charge in [0, 0.05) is 24.6 Å². The summed E-state index contributed by atoms with van der Waals surface area (Å²) in [6.07, 6.45) is 5.66. The highest BCUT2D eigenvalue weighted by Gasteiger charge is 2.58. The third-order valence-corrected chi connectivity index (χ3v) is 5.50. The Morgan fingerprint density at radius 2 is 1.73 bits per heavy atom. The Labute approximate surface area is 152 Å². The molecule has 4 unspecified atom stereocenters. The summed E-state index contributed by atoms with van der Waals surface area (Å²) in [6, 6.07) is 9.29.